The maximum Gasteiger partial charge on any atom is 0.269 e. The van der Waals surface area contributed by atoms with Crippen molar-refractivity contribution < 1.29 is 4.79 Å². The van der Waals surface area contributed by atoms with Gasteiger partial charge in [0.15, 0.2) is 0 Å². The molecule has 0 aliphatic rings. The van der Waals surface area contributed by atoms with Crippen LogP contribution in [0.5, 0.6) is 0 Å². The Balaban J connectivity index is 2.03. The lowest BCUT2D eigenvalue weighted by atomic mass is 10.2. The van der Waals surface area contributed by atoms with E-state index < -0.39 is 0 Å². The van der Waals surface area contributed by atoms with Gasteiger partial charge in [-0.05, 0) is 56.7 Å². The van der Waals surface area contributed by atoms with Gasteiger partial charge in [0.25, 0.3) is 5.91 Å². The van der Waals surface area contributed by atoms with Gasteiger partial charge >= 0.3 is 0 Å². The van der Waals surface area contributed by atoms with E-state index in [2.05, 4.69) is 65.6 Å². The molecule has 2 N–H and O–H groups in total. The van der Waals surface area contributed by atoms with Crippen LogP contribution in [0, 0.1) is 0 Å². The van der Waals surface area contributed by atoms with Gasteiger partial charge < -0.3 is 15.5 Å². The maximum absolute atomic E-state index is 12.1. The quantitative estimate of drug-likeness (QED) is 0.672. The number of hydrogen-bond acceptors (Lipinski definition) is 4. The summed E-state index contributed by atoms with van der Waals surface area (Å²) < 4.78 is 0. The lowest BCUT2D eigenvalue weighted by molar-refractivity contribution is 0.0948. The van der Waals surface area contributed by atoms with Crippen LogP contribution in [0.15, 0.2) is 42.6 Å². The van der Waals surface area contributed by atoms with E-state index in [4.69, 9.17) is 0 Å². The van der Waals surface area contributed by atoms with Gasteiger partial charge in [0.2, 0.25) is 0 Å². The minimum absolute atomic E-state index is 0.131. The second kappa shape index (κ2) is 9.67. The van der Waals surface area contributed by atoms with E-state index in [0.29, 0.717) is 12.2 Å². The molecular weight excluding hydrogens is 312 g/mol. The molecule has 0 bridgehead atoms. The van der Waals surface area contributed by atoms with Crippen molar-refractivity contribution in [1.82, 2.24) is 10.3 Å². The van der Waals surface area contributed by atoms with Gasteiger partial charge in [-0.1, -0.05) is 13.3 Å². The Morgan fingerprint density at radius 1 is 1.04 bits per heavy atom. The third-order valence-corrected chi connectivity index (χ3v) is 4.09. The van der Waals surface area contributed by atoms with Crippen LogP contribution < -0.4 is 15.5 Å². The summed E-state index contributed by atoms with van der Waals surface area (Å²) in [7, 11) is 0. The summed E-state index contributed by atoms with van der Waals surface area (Å²) in [6, 6.07) is 12.0. The lowest BCUT2D eigenvalue weighted by Gasteiger charge is -2.21. The molecule has 0 fully saturated rings. The first-order valence-corrected chi connectivity index (χ1v) is 9.04. The van der Waals surface area contributed by atoms with Crippen molar-refractivity contribution in [3.63, 3.8) is 0 Å². The second-order valence-electron chi connectivity index (χ2n) is 5.88. The van der Waals surface area contributed by atoms with Crippen LogP contribution in [-0.4, -0.2) is 30.5 Å². The SMILES string of the molecule is CCCCNC(=O)c1cc(Nc2ccc(N(CC)CC)cc2)ccn1. The van der Waals surface area contributed by atoms with Crippen molar-refractivity contribution in [3.8, 4) is 0 Å². The molecule has 1 aromatic carbocycles. The van der Waals surface area contributed by atoms with E-state index in [1.54, 1.807) is 12.3 Å². The Kier molecular flexibility index (Phi) is 7.26. The predicted molar refractivity (Wildman–Crippen MR) is 105 cm³/mol. The van der Waals surface area contributed by atoms with Crippen molar-refractivity contribution in [3.05, 3.63) is 48.3 Å². The molecule has 1 aromatic heterocycles. The first-order valence-electron chi connectivity index (χ1n) is 9.04. The number of unbranched alkanes of at least 4 members (excludes halogenated alkanes) is 1. The number of aromatic nitrogens is 1. The fourth-order valence-electron chi connectivity index (χ4n) is 2.61. The van der Waals surface area contributed by atoms with Crippen LogP contribution in [0.1, 0.15) is 44.1 Å². The van der Waals surface area contributed by atoms with E-state index in [0.717, 1.165) is 37.3 Å². The highest BCUT2D eigenvalue weighted by atomic mass is 16.1. The Bertz CT molecular complexity index is 666. The van der Waals surface area contributed by atoms with Gasteiger partial charge in [0.1, 0.15) is 5.69 Å². The van der Waals surface area contributed by atoms with Crippen LogP contribution in [0.25, 0.3) is 0 Å². The number of pyridine rings is 1. The fraction of sp³-hybridized carbons (Fsp3) is 0.400. The molecule has 0 atom stereocenters. The number of carbonyl (C=O) groups excluding carboxylic acids is 1. The molecule has 1 amide bonds. The van der Waals surface area contributed by atoms with Crippen LogP contribution in [0.2, 0.25) is 0 Å². The molecule has 0 saturated carbocycles. The summed E-state index contributed by atoms with van der Waals surface area (Å²) in [6.07, 6.45) is 3.68. The Morgan fingerprint density at radius 3 is 2.40 bits per heavy atom. The highest BCUT2D eigenvalue weighted by Gasteiger charge is 2.07. The molecule has 5 heteroatoms. The molecule has 0 aliphatic carbocycles. The molecule has 0 unspecified atom stereocenters. The smallest absolute Gasteiger partial charge is 0.269 e. The molecule has 0 spiro atoms. The van der Waals surface area contributed by atoms with E-state index in [-0.39, 0.29) is 5.91 Å². The average Bonchev–Trinajstić information content (AvgIpc) is 2.64. The minimum atomic E-state index is -0.131. The van der Waals surface area contributed by atoms with Gasteiger partial charge in [0, 0.05) is 42.9 Å². The molecule has 134 valence electrons. The van der Waals surface area contributed by atoms with Gasteiger partial charge in [0.05, 0.1) is 0 Å². The number of hydrogen-bond donors (Lipinski definition) is 2. The Labute approximate surface area is 150 Å². The first kappa shape index (κ1) is 18.8. The molecular formula is C20H28N4O. The standard InChI is InChI=1S/C20H28N4O/c1-4-7-13-22-20(25)19-15-17(12-14-21-19)23-16-8-10-18(11-9-16)24(5-2)6-3/h8-12,14-15H,4-7,13H2,1-3H3,(H,21,23)(H,22,25). The highest BCUT2D eigenvalue weighted by Crippen LogP contribution is 2.21. The first-order chi connectivity index (χ1) is 12.2. The second-order valence-corrected chi connectivity index (χ2v) is 5.88. The van der Waals surface area contributed by atoms with Gasteiger partial charge in [-0.3, -0.25) is 9.78 Å². The summed E-state index contributed by atoms with van der Waals surface area (Å²) in [5, 5.41) is 6.22. The van der Waals surface area contributed by atoms with Crippen LogP contribution in [-0.2, 0) is 0 Å². The van der Waals surface area contributed by atoms with Crippen molar-refractivity contribution >= 4 is 23.0 Å². The summed E-state index contributed by atoms with van der Waals surface area (Å²) in [4.78, 5) is 18.6. The van der Waals surface area contributed by atoms with Crippen LogP contribution in [0.3, 0.4) is 0 Å². The normalized spacial score (nSPS) is 10.4. The zero-order valence-corrected chi connectivity index (χ0v) is 15.4. The van der Waals surface area contributed by atoms with Gasteiger partial charge in [-0.2, -0.15) is 0 Å². The number of anilines is 3. The summed E-state index contributed by atoms with van der Waals surface area (Å²) >= 11 is 0. The van der Waals surface area contributed by atoms with Gasteiger partial charge in [-0.25, -0.2) is 0 Å². The monoisotopic (exact) mass is 340 g/mol. The number of nitrogens with one attached hydrogen (secondary N) is 2. The minimum Gasteiger partial charge on any atom is -0.372 e. The molecule has 5 nitrogen and oxygen atoms in total. The van der Waals surface area contributed by atoms with Crippen LogP contribution >= 0.6 is 0 Å². The topological polar surface area (TPSA) is 57.3 Å². The van der Waals surface area contributed by atoms with E-state index in [1.807, 2.05) is 6.07 Å². The summed E-state index contributed by atoms with van der Waals surface area (Å²) in [6.45, 7) is 9.07. The highest BCUT2D eigenvalue weighted by molar-refractivity contribution is 5.93. The third-order valence-electron chi connectivity index (χ3n) is 4.09. The zero-order valence-electron chi connectivity index (χ0n) is 15.4. The van der Waals surface area contributed by atoms with Crippen LogP contribution in [0.4, 0.5) is 17.1 Å². The number of nitrogens with zero attached hydrogens (tertiary/aromatic N) is 2. The van der Waals surface area contributed by atoms with E-state index >= 15 is 0 Å². The number of carbonyl (C=O) groups is 1. The van der Waals surface area contributed by atoms with Crippen molar-refractivity contribution in [2.75, 3.05) is 29.9 Å². The lowest BCUT2D eigenvalue weighted by Crippen LogP contribution is -2.25. The van der Waals surface area contributed by atoms with Crippen molar-refractivity contribution in [2.24, 2.45) is 0 Å². The third kappa shape index (κ3) is 5.48. The Morgan fingerprint density at radius 2 is 1.76 bits per heavy atom. The predicted octanol–water partition coefficient (Wildman–Crippen LogP) is 4.20. The molecule has 0 saturated heterocycles. The summed E-state index contributed by atoms with van der Waals surface area (Å²) in [5.74, 6) is -0.131. The summed E-state index contributed by atoms with van der Waals surface area (Å²) in [5.41, 5.74) is 3.48. The largest absolute Gasteiger partial charge is 0.372 e. The Hall–Kier alpha value is -2.56. The van der Waals surface area contributed by atoms with Gasteiger partial charge in [-0.15, -0.1) is 0 Å². The molecule has 2 rings (SSSR count). The average molecular weight is 340 g/mol. The van der Waals surface area contributed by atoms with E-state index in [1.165, 1.54) is 5.69 Å². The van der Waals surface area contributed by atoms with Crippen molar-refractivity contribution in [1.29, 1.82) is 0 Å². The zero-order chi connectivity index (χ0) is 18.1. The molecule has 2 aromatic rings. The number of rotatable bonds is 9. The molecule has 0 aliphatic heterocycles. The van der Waals surface area contributed by atoms with Crippen molar-refractivity contribution in [2.45, 2.75) is 33.6 Å². The van der Waals surface area contributed by atoms with E-state index in [9.17, 15) is 4.79 Å². The number of benzene rings is 1. The number of amides is 1. The fourth-order valence-corrected chi connectivity index (χ4v) is 2.61. The molecule has 25 heavy (non-hydrogen) atoms. The molecule has 1 heterocycles. The molecule has 0 radical (unpaired) electrons. The maximum atomic E-state index is 12.1.